The number of amides is 1. The third-order valence-electron chi connectivity index (χ3n) is 4.31. The number of nitrogens with one attached hydrogen (secondary N) is 3. The number of benzene rings is 1. The summed E-state index contributed by atoms with van der Waals surface area (Å²) in [5.74, 6) is 0.830. The Morgan fingerprint density at radius 3 is 2.90 bits per heavy atom. The number of hydrogen-bond acceptors (Lipinski definition) is 4. The minimum Gasteiger partial charge on any atom is -0.379 e. The van der Waals surface area contributed by atoms with Gasteiger partial charge in [-0.3, -0.25) is 4.79 Å². The Hall–Kier alpha value is -1.39. The van der Waals surface area contributed by atoms with Gasteiger partial charge in [0, 0.05) is 38.4 Å². The van der Waals surface area contributed by atoms with Gasteiger partial charge in [-0.2, -0.15) is 0 Å². The average Bonchev–Trinajstić information content (AvgIpc) is 3.20. The maximum Gasteiger partial charge on any atom is 0.224 e. The second-order valence-electron chi connectivity index (χ2n) is 6.83. The molecule has 0 spiro atoms. The average molecular weight is 518 g/mol. The van der Waals surface area contributed by atoms with Crippen molar-refractivity contribution >= 4 is 41.5 Å². The van der Waals surface area contributed by atoms with Crippen LogP contribution in [0.25, 0.3) is 0 Å². The molecule has 29 heavy (non-hydrogen) atoms. The molecule has 2 rings (SSSR count). The first-order valence-electron chi connectivity index (χ1n) is 10.3. The molecule has 1 atom stereocenters. The summed E-state index contributed by atoms with van der Waals surface area (Å²) in [4.78, 5) is 16.4. The lowest BCUT2D eigenvalue weighted by Gasteiger charge is -2.13. The van der Waals surface area contributed by atoms with Gasteiger partial charge in [-0.15, -0.1) is 24.0 Å². The van der Waals surface area contributed by atoms with Crippen molar-refractivity contribution in [1.82, 2.24) is 10.6 Å². The molecule has 1 fully saturated rings. The predicted molar refractivity (Wildman–Crippen MR) is 128 cm³/mol. The van der Waals surface area contributed by atoms with Gasteiger partial charge in [0.05, 0.1) is 19.3 Å². The first kappa shape index (κ1) is 25.6. The van der Waals surface area contributed by atoms with Crippen LogP contribution in [0.2, 0.25) is 0 Å². The molecule has 8 heteroatoms. The van der Waals surface area contributed by atoms with E-state index in [0.29, 0.717) is 13.0 Å². The van der Waals surface area contributed by atoms with Gasteiger partial charge in [0.25, 0.3) is 0 Å². The van der Waals surface area contributed by atoms with Gasteiger partial charge >= 0.3 is 0 Å². The molecule has 3 N–H and O–H groups in total. The number of guanidine groups is 1. The van der Waals surface area contributed by atoms with Crippen molar-refractivity contribution in [3.8, 4) is 0 Å². The van der Waals surface area contributed by atoms with E-state index >= 15 is 0 Å². The lowest BCUT2D eigenvalue weighted by atomic mass is 10.2. The van der Waals surface area contributed by atoms with E-state index in [4.69, 9.17) is 9.47 Å². The lowest BCUT2D eigenvalue weighted by Crippen LogP contribution is -2.38. The Morgan fingerprint density at radius 2 is 2.17 bits per heavy atom. The van der Waals surface area contributed by atoms with Crippen LogP contribution in [-0.2, 0) is 20.8 Å². The minimum atomic E-state index is 0. The molecule has 1 aromatic carbocycles. The van der Waals surface area contributed by atoms with Gasteiger partial charge in [0.15, 0.2) is 5.96 Å². The predicted octanol–water partition coefficient (Wildman–Crippen LogP) is 3.29. The van der Waals surface area contributed by atoms with Crippen molar-refractivity contribution in [3.63, 3.8) is 0 Å². The fourth-order valence-corrected chi connectivity index (χ4v) is 2.88. The molecule has 0 saturated carbocycles. The summed E-state index contributed by atoms with van der Waals surface area (Å²) >= 11 is 0. The summed E-state index contributed by atoms with van der Waals surface area (Å²) in [6, 6.07) is 7.83. The van der Waals surface area contributed by atoms with Crippen LogP contribution in [0.3, 0.4) is 0 Å². The number of carbonyl (C=O) groups excluding carboxylic acids is 1. The molecule has 0 aliphatic carbocycles. The van der Waals surface area contributed by atoms with Crippen LogP contribution in [0.4, 0.5) is 5.69 Å². The number of hydrogen-bond donors (Lipinski definition) is 3. The molecule has 0 bridgehead atoms. The van der Waals surface area contributed by atoms with Crippen LogP contribution in [0.15, 0.2) is 29.3 Å². The molecule has 1 heterocycles. The summed E-state index contributed by atoms with van der Waals surface area (Å²) in [6.07, 6.45) is 3.54. The van der Waals surface area contributed by atoms with E-state index in [1.54, 1.807) is 0 Å². The van der Waals surface area contributed by atoms with E-state index < -0.39 is 0 Å². The van der Waals surface area contributed by atoms with E-state index in [9.17, 15) is 4.79 Å². The first-order chi connectivity index (χ1) is 13.7. The van der Waals surface area contributed by atoms with Crippen molar-refractivity contribution in [2.75, 3.05) is 38.2 Å². The van der Waals surface area contributed by atoms with Crippen LogP contribution >= 0.6 is 24.0 Å². The zero-order valence-corrected chi connectivity index (χ0v) is 19.9. The highest BCUT2D eigenvalue weighted by Crippen LogP contribution is 2.12. The number of nitrogens with zero attached hydrogens (tertiary/aromatic N) is 1. The van der Waals surface area contributed by atoms with E-state index in [0.717, 1.165) is 69.4 Å². The summed E-state index contributed by atoms with van der Waals surface area (Å²) < 4.78 is 11.1. The molecular formula is C21H35IN4O3. The SMILES string of the molecule is CCCC(=O)Nc1cccc(CN=C(NCC)NCCCOC2CCOC2)c1.I. The molecule has 0 radical (unpaired) electrons. The maximum absolute atomic E-state index is 11.8. The van der Waals surface area contributed by atoms with Crippen molar-refractivity contribution < 1.29 is 14.3 Å². The molecule has 1 aliphatic heterocycles. The zero-order chi connectivity index (χ0) is 20.0. The van der Waals surface area contributed by atoms with E-state index in [1.165, 1.54) is 0 Å². The van der Waals surface area contributed by atoms with Crippen LogP contribution < -0.4 is 16.0 Å². The Kier molecular flexibility index (Phi) is 13.7. The van der Waals surface area contributed by atoms with Crippen LogP contribution in [0.1, 0.15) is 45.1 Å². The Labute approximate surface area is 191 Å². The molecule has 0 aromatic heterocycles. The summed E-state index contributed by atoms with van der Waals surface area (Å²) in [6.45, 7) is 8.43. The minimum absolute atomic E-state index is 0. The molecule has 7 nitrogen and oxygen atoms in total. The second kappa shape index (κ2) is 15.4. The van der Waals surface area contributed by atoms with Crippen molar-refractivity contribution in [2.24, 2.45) is 4.99 Å². The number of ether oxygens (including phenoxy) is 2. The number of anilines is 1. The normalized spacial score (nSPS) is 16.2. The van der Waals surface area contributed by atoms with E-state index in [1.807, 2.05) is 38.1 Å². The number of aliphatic imine (C=N–C) groups is 1. The highest BCUT2D eigenvalue weighted by atomic mass is 127. The van der Waals surface area contributed by atoms with Gasteiger partial charge in [-0.25, -0.2) is 4.99 Å². The number of halogens is 1. The van der Waals surface area contributed by atoms with Crippen LogP contribution in [-0.4, -0.2) is 50.9 Å². The molecule has 1 unspecified atom stereocenters. The summed E-state index contributed by atoms with van der Waals surface area (Å²) in [5, 5.41) is 9.52. The van der Waals surface area contributed by atoms with Crippen molar-refractivity contribution in [3.05, 3.63) is 29.8 Å². The number of carbonyl (C=O) groups is 1. The maximum atomic E-state index is 11.8. The largest absolute Gasteiger partial charge is 0.379 e. The molecule has 1 amide bonds. The summed E-state index contributed by atoms with van der Waals surface area (Å²) in [5.41, 5.74) is 1.87. The first-order valence-corrected chi connectivity index (χ1v) is 10.3. The Bertz CT molecular complexity index is 622. The Balaban J connectivity index is 0.00000420. The molecule has 1 aliphatic rings. The standard InChI is InChI=1S/C21H34N4O3.HI/c1-3-7-20(26)25-18-9-5-8-17(14-18)15-24-21(22-4-2)23-11-6-12-28-19-10-13-27-16-19;/h5,8-9,14,19H,3-4,6-7,10-13,15-16H2,1-2H3,(H,25,26)(H2,22,23,24);1H. The Morgan fingerprint density at radius 1 is 1.31 bits per heavy atom. The molecular weight excluding hydrogens is 483 g/mol. The van der Waals surface area contributed by atoms with Gasteiger partial charge in [-0.05, 0) is 43.9 Å². The van der Waals surface area contributed by atoms with Gasteiger partial charge < -0.3 is 25.4 Å². The van der Waals surface area contributed by atoms with Crippen LogP contribution in [0.5, 0.6) is 0 Å². The monoisotopic (exact) mass is 518 g/mol. The third-order valence-corrected chi connectivity index (χ3v) is 4.31. The summed E-state index contributed by atoms with van der Waals surface area (Å²) in [7, 11) is 0. The lowest BCUT2D eigenvalue weighted by molar-refractivity contribution is -0.116. The molecule has 164 valence electrons. The highest BCUT2D eigenvalue weighted by molar-refractivity contribution is 14.0. The van der Waals surface area contributed by atoms with Gasteiger partial charge in [0.1, 0.15) is 0 Å². The smallest absolute Gasteiger partial charge is 0.224 e. The van der Waals surface area contributed by atoms with E-state index in [-0.39, 0.29) is 36.0 Å². The number of rotatable bonds is 11. The van der Waals surface area contributed by atoms with Gasteiger partial charge in [0.2, 0.25) is 5.91 Å². The van der Waals surface area contributed by atoms with E-state index in [2.05, 4.69) is 20.9 Å². The fourth-order valence-electron chi connectivity index (χ4n) is 2.88. The topological polar surface area (TPSA) is 84.0 Å². The molecule has 1 aromatic rings. The fraction of sp³-hybridized carbons (Fsp3) is 0.619. The van der Waals surface area contributed by atoms with Crippen LogP contribution in [0, 0.1) is 0 Å². The molecule has 1 saturated heterocycles. The van der Waals surface area contributed by atoms with Crippen molar-refractivity contribution in [2.45, 2.75) is 52.2 Å². The highest BCUT2D eigenvalue weighted by Gasteiger charge is 2.15. The quantitative estimate of drug-likeness (QED) is 0.181. The third kappa shape index (κ3) is 10.8. The van der Waals surface area contributed by atoms with Gasteiger partial charge in [-0.1, -0.05) is 19.1 Å². The second-order valence-corrected chi connectivity index (χ2v) is 6.83. The zero-order valence-electron chi connectivity index (χ0n) is 17.5. The van der Waals surface area contributed by atoms with Crippen molar-refractivity contribution in [1.29, 1.82) is 0 Å².